The third-order valence-corrected chi connectivity index (χ3v) is 4.73. The van der Waals surface area contributed by atoms with Crippen molar-refractivity contribution in [2.75, 3.05) is 6.54 Å². The van der Waals surface area contributed by atoms with Crippen LogP contribution in [0.15, 0.2) is 66.8 Å². The van der Waals surface area contributed by atoms with Crippen molar-refractivity contribution in [3.63, 3.8) is 0 Å². The number of hydrogen-bond donors (Lipinski definition) is 1. The molecule has 0 saturated carbocycles. The van der Waals surface area contributed by atoms with Gasteiger partial charge in [0.2, 0.25) is 0 Å². The summed E-state index contributed by atoms with van der Waals surface area (Å²) in [6.45, 7) is 5.75. The number of aliphatic hydroxyl groups is 1. The molecule has 1 atom stereocenters. The van der Waals surface area contributed by atoms with Gasteiger partial charge in [0.1, 0.15) is 5.76 Å². The number of ketones is 1. The van der Waals surface area contributed by atoms with Crippen molar-refractivity contribution in [1.82, 2.24) is 4.90 Å². The fourth-order valence-electron chi connectivity index (χ4n) is 3.09. The molecule has 0 bridgehead atoms. The molecule has 1 amide bonds. The summed E-state index contributed by atoms with van der Waals surface area (Å²) in [6, 6.07) is 13.3. The second-order valence-electron chi connectivity index (χ2n) is 6.13. The van der Waals surface area contributed by atoms with Crippen LogP contribution in [-0.4, -0.2) is 28.2 Å². The Morgan fingerprint density at radius 2 is 1.85 bits per heavy atom. The van der Waals surface area contributed by atoms with Gasteiger partial charge in [-0.2, -0.15) is 0 Å². The minimum absolute atomic E-state index is 0.0359. The quantitative estimate of drug-likeness (QED) is 0.380. The van der Waals surface area contributed by atoms with Crippen LogP contribution in [0.1, 0.15) is 22.7 Å². The minimum atomic E-state index is -0.761. The molecule has 1 N–H and O–H groups in total. The molecule has 0 aromatic heterocycles. The summed E-state index contributed by atoms with van der Waals surface area (Å²) in [5.41, 5.74) is 2.12. The number of likely N-dealkylation sites (tertiary alicyclic amines) is 1. The third kappa shape index (κ3) is 3.04. The van der Waals surface area contributed by atoms with E-state index in [1.807, 2.05) is 19.1 Å². The molecule has 1 fully saturated rings. The molecule has 2 aromatic rings. The standard InChI is InChI=1S/C21H18ClNO3/c1-3-12-23-18(15-6-4-5-7-16(15)22)17(20(25)21(23)26)19(24)14-10-8-13(2)9-11-14/h3-11,18,24H,1,12H2,2H3. The van der Waals surface area contributed by atoms with E-state index in [9.17, 15) is 14.7 Å². The lowest BCUT2D eigenvalue weighted by Gasteiger charge is -2.24. The van der Waals surface area contributed by atoms with Crippen LogP contribution < -0.4 is 0 Å². The average molecular weight is 368 g/mol. The van der Waals surface area contributed by atoms with Crippen LogP contribution in [0.5, 0.6) is 0 Å². The molecule has 1 aliphatic rings. The molecular formula is C21H18ClNO3. The fourth-order valence-corrected chi connectivity index (χ4v) is 3.33. The largest absolute Gasteiger partial charge is 0.507 e. The first-order valence-corrected chi connectivity index (χ1v) is 8.54. The van der Waals surface area contributed by atoms with Crippen molar-refractivity contribution >= 4 is 29.1 Å². The molecule has 2 aromatic carbocycles. The van der Waals surface area contributed by atoms with Gasteiger partial charge in [0, 0.05) is 17.1 Å². The van der Waals surface area contributed by atoms with Gasteiger partial charge < -0.3 is 10.0 Å². The third-order valence-electron chi connectivity index (χ3n) is 4.39. The summed E-state index contributed by atoms with van der Waals surface area (Å²) in [5.74, 6) is -1.61. The van der Waals surface area contributed by atoms with Gasteiger partial charge in [0.05, 0.1) is 11.6 Å². The number of Topliss-reactive ketones (excluding diaryl/α,β-unsaturated/α-hetero) is 1. The van der Waals surface area contributed by atoms with E-state index in [1.54, 1.807) is 42.5 Å². The average Bonchev–Trinajstić information content (AvgIpc) is 2.87. The number of carbonyl (C=O) groups excluding carboxylic acids is 2. The van der Waals surface area contributed by atoms with E-state index in [2.05, 4.69) is 6.58 Å². The Kier molecular flexibility index (Phi) is 4.96. The number of halogens is 1. The molecule has 3 rings (SSSR count). The maximum Gasteiger partial charge on any atom is 0.295 e. The van der Waals surface area contributed by atoms with Gasteiger partial charge in [-0.3, -0.25) is 9.59 Å². The van der Waals surface area contributed by atoms with Crippen LogP contribution in [-0.2, 0) is 9.59 Å². The highest BCUT2D eigenvalue weighted by Crippen LogP contribution is 2.41. The second-order valence-corrected chi connectivity index (χ2v) is 6.53. The van der Waals surface area contributed by atoms with Crippen LogP contribution in [0.25, 0.3) is 5.76 Å². The van der Waals surface area contributed by atoms with Crippen molar-refractivity contribution < 1.29 is 14.7 Å². The SMILES string of the molecule is C=CCN1C(=O)C(=O)C(=C(O)c2ccc(C)cc2)C1c1ccccc1Cl. The lowest BCUT2D eigenvalue weighted by Crippen LogP contribution is -2.29. The van der Waals surface area contributed by atoms with Gasteiger partial charge in [-0.25, -0.2) is 0 Å². The molecule has 0 spiro atoms. The number of nitrogens with zero attached hydrogens (tertiary/aromatic N) is 1. The van der Waals surface area contributed by atoms with Gasteiger partial charge in [-0.05, 0) is 18.6 Å². The Labute approximate surface area is 157 Å². The molecular weight excluding hydrogens is 350 g/mol. The molecule has 132 valence electrons. The van der Waals surface area contributed by atoms with E-state index in [-0.39, 0.29) is 17.9 Å². The molecule has 1 saturated heterocycles. The van der Waals surface area contributed by atoms with Crippen molar-refractivity contribution in [3.05, 3.63) is 88.5 Å². The Morgan fingerprint density at radius 1 is 1.19 bits per heavy atom. The van der Waals surface area contributed by atoms with Gasteiger partial charge in [-0.15, -0.1) is 6.58 Å². The van der Waals surface area contributed by atoms with Gasteiger partial charge in [-0.1, -0.05) is 65.7 Å². The fraction of sp³-hybridized carbons (Fsp3) is 0.143. The second kappa shape index (κ2) is 7.18. The number of benzene rings is 2. The Hall–Kier alpha value is -2.85. The zero-order valence-corrected chi connectivity index (χ0v) is 15.0. The molecule has 4 nitrogen and oxygen atoms in total. The maximum atomic E-state index is 12.7. The van der Waals surface area contributed by atoms with E-state index in [1.165, 1.54) is 4.90 Å². The van der Waals surface area contributed by atoms with Crippen molar-refractivity contribution in [1.29, 1.82) is 0 Å². The molecule has 1 aliphatic heterocycles. The van der Waals surface area contributed by atoms with Crippen molar-refractivity contribution in [3.8, 4) is 0 Å². The number of aryl methyl sites for hydroxylation is 1. The topological polar surface area (TPSA) is 57.6 Å². The Morgan fingerprint density at radius 3 is 2.46 bits per heavy atom. The van der Waals surface area contributed by atoms with E-state index in [4.69, 9.17) is 11.6 Å². The van der Waals surface area contributed by atoms with Crippen molar-refractivity contribution in [2.45, 2.75) is 13.0 Å². The summed E-state index contributed by atoms with van der Waals surface area (Å²) >= 11 is 6.32. The summed E-state index contributed by atoms with van der Waals surface area (Å²) in [5, 5.41) is 11.2. The zero-order chi connectivity index (χ0) is 18.8. The van der Waals surface area contributed by atoms with E-state index >= 15 is 0 Å². The van der Waals surface area contributed by atoms with Crippen LogP contribution in [0.4, 0.5) is 0 Å². The number of rotatable bonds is 4. The summed E-state index contributed by atoms with van der Waals surface area (Å²) < 4.78 is 0. The molecule has 5 heteroatoms. The molecule has 1 unspecified atom stereocenters. The first-order chi connectivity index (χ1) is 12.5. The minimum Gasteiger partial charge on any atom is -0.507 e. The van der Waals surface area contributed by atoms with Gasteiger partial charge in [0.25, 0.3) is 11.7 Å². The monoisotopic (exact) mass is 367 g/mol. The maximum absolute atomic E-state index is 12.7. The number of carbonyl (C=O) groups is 2. The van der Waals surface area contributed by atoms with Gasteiger partial charge >= 0.3 is 0 Å². The van der Waals surface area contributed by atoms with Gasteiger partial charge in [0.15, 0.2) is 0 Å². The first-order valence-electron chi connectivity index (χ1n) is 8.16. The summed E-state index contributed by atoms with van der Waals surface area (Å²) in [4.78, 5) is 26.6. The van der Waals surface area contributed by atoms with E-state index in [0.29, 0.717) is 16.1 Å². The Balaban J connectivity index is 2.23. The normalized spacial score (nSPS) is 19.0. The van der Waals surface area contributed by atoms with Crippen LogP contribution in [0, 0.1) is 6.92 Å². The molecule has 0 radical (unpaired) electrons. The van der Waals surface area contributed by atoms with E-state index < -0.39 is 17.7 Å². The molecule has 1 heterocycles. The Bertz CT molecular complexity index is 915. The van der Waals surface area contributed by atoms with Crippen molar-refractivity contribution in [2.24, 2.45) is 0 Å². The summed E-state index contributed by atoms with van der Waals surface area (Å²) in [7, 11) is 0. The predicted octanol–water partition coefficient (Wildman–Crippen LogP) is 4.26. The predicted molar refractivity (Wildman–Crippen MR) is 102 cm³/mol. The number of aliphatic hydroxyl groups excluding tert-OH is 1. The van der Waals surface area contributed by atoms with Crippen LogP contribution in [0.2, 0.25) is 5.02 Å². The highest BCUT2D eigenvalue weighted by molar-refractivity contribution is 6.47. The zero-order valence-electron chi connectivity index (χ0n) is 14.3. The first kappa shape index (κ1) is 18.0. The van der Waals surface area contributed by atoms with E-state index in [0.717, 1.165) is 5.56 Å². The molecule has 0 aliphatic carbocycles. The highest BCUT2D eigenvalue weighted by atomic mass is 35.5. The lowest BCUT2D eigenvalue weighted by atomic mass is 9.95. The lowest BCUT2D eigenvalue weighted by molar-refractivity contribution is -0.139. The molecule has 26 heavy (non-hydrogen) atoms. The number of hydrogen-bond acceptors (Lipinski definition) is 3. The van der Waals surface area contributed by atoms with Crippen LogP contribution in [0.3, 0.4) is 0 Å². The van der Waals surface area contributed by atoms with Crippen LogP contribution >= 0.6 is 11.6 Å². The number of amides is 1. The summed E-state index contributed by atoms with van der Waals surface area (Å²) in [6.07, 6.45) is 1.54. The smallest absolute Gasteiger partial charge is 0.295 e. The highest BCUT2D eigenvalue weighted by Gasteiger charge is 2.46.